The topological polar surface area (TPSA) is 39.1 Å². The first-order chi connectivity index (χ1) is 6.74. The summed E-state index contributed by atoms with van der Waals surface area (Å²) in [6.45, 7) is 2.98. The number of aryl methyl sites for hydroxylation is 1. The fourth-order valence-electron chi connectivity index (χ4n) is 1.86. The second kappa shape index (κ2) is 4.00. The predicted molar refractivity (Wildman–Crippen MR) is 55.3 cm³/mol. The van der Waals surface area contributed by atoms with E-state index in [1.165, 1.54) is 0 Å². The molecule has 2 atom stereocenters. The molecule has 1 aliphatic heterocycles. The van der Waals surface area contributed by atoms with Crippen LogP contribution in [0.4, 0.5) is 5.69 Å². The SMILES string of the molecule is C[C@H]1C[C@@H](Nc2cnn(C)c2)CCO1. The summed E-state index contributed by atoms with van der Waals surface area (Å²) < 4.78 is 7.30. The standard InChI is InChI=1S/C10H17N3O/c1-8-5-9(3-4-14-8)12-10-6-11-13(2)7-10/h6-9,12H,3-5H2,1-2H3/t8-,9-/m0/s1. The highest BCUT2D eigenvalue weighted by atomic mass is 16.5. The Morgan fingerprint density at radius 3 is 3.14 bits per heavy atom. The van der Waals surface area contributed by atoms with Gasteiger partial charge in [-0.1, -0.05) is 0 Å². The average Bonchev–Trinajstić information content (AvgIpc) is 2.51. The van der Waals surface area contributed by atoms with E-state index in [0.29, 0.717) is 12.1 Å². The molecular formula is C10H17N3O. The molecule has 78 valence electrons. The minimum absolute atomic E-state index is 0.373. The van der Waals surface area contributed by atoms with Crippen molar-refractivity contribution in [1.82, 2.24) is 9.78 Å². The van der Waals surface area contributed by atoms with Gasteiger partial charge in [-0.25, -0.2) is 0 Å². The van der Waals surface area contributed by atoms with Gasteiger partial charge in [-0.2, -0.15) is 5.10 Å². The molecule has 1 aliphatic rings. The maximum absolute atomic E-state index is 5.49. The van der Waals surface area contributed by atoms with Gasteiger partial charge in [0.2, 0.25) is 0 Å². The van der Waals surface area contributed by atoms with Crippen LogP contribution in [0.2, 0.25) is 0 Å². The average molecular weight is 195 g/mol. The van der Waals surface area contributed by atoms with Gasteiger partial charge < -0.3 is 10.1 Å². The van der Waals surface area contributed by atoms with Crippen LogP contribution < -0.4 is 5.32 Å². The van der Waals surface area contributed by atoms with Gasteiger partial charge in [0.1, 0.15) is 0 Å². The van der Waals surface area contributed by atoms with E-state index in [2.05, 4.69) is 17.3 Å². The van der Waals surface area contributed by atoms with Crippen molar-refractivity contribution < 1.29 is 4.74 Å². The Hall–Kier alpha value is -1.03. The van der Waals surface area contributed by atoms with E-state index in [-0.39, 0.29) is 0 Å². The molecule has 0 aliphatic carbocycles. The minimum atomic E-state index is 0.373. The van der Waals surface area contributed by atoms with E-state index in [0.717, 1.165) is 25.1 Å². The van der Waals surface area contributed by atoms with E-state index < -0.39 is 0 Å². The highest BCUT2D eigenvalue weighted by Gasteiger charge is 2.19. The summed E-state index contributed by atoms with van der Waals surface area (Å²) in [4.78, 5) is 0. The summed E-state index contributed by atoms with van der Waals surface area (Å²) in [5.74, 6) is 0. The van der Waals surface area contributed by atoms with Gasteiger partial charge >= 0.3 is 0 Å². The first-order valence-electron chi connectivity index (χ1n) is 5.11. The fourth-order valence-corrected chi connectivity index (χ4v) is 1.86. The normalized spacial score (nSPS) is 27.6. The van der Waals surface area contributed by atoms with Crippen molar-refractivity contribution in [2.75, 3.05) is 11.9 Å². The van der Waals surface area contributed by atoms with Crippen LogP contribution in [0.1, 0.15) is 19.8 Å². The Bertz CT molecular complexity index is 297. The molecule has 0 unspecified atom stereocenters. The lowest BCUT2D eigenvalue weighted by Gasteiger charge is -2.28. The summed E-state index contributed by atoms with van der Waals surface area (Å²) in [5, 5.41) is 7.59. The number of nitrogens with zero attached hydrogens (tertiary/aromatic N) is 2. The lowest BCUT2D eigenvalue weighted by molar-refractivity contribution is 0.0232. The molecule has 1 saturated heterocycles. The molecule has 1 fully saturated rings. The zero-order valence-corrected chi connectivity index (χ0v) is 8.73. The van der Waals surface area contributed by atoms with Crippen molar-refractivity contribution in [2.24, 2.45) is 7.05 Å². The molecule has 0 spiro atoms. The molecule has 14 heavy (non-hydrogen) atoms. The third-order valence-electron chi connectivity index (χ3n) is 2.56. The van der Waals surface area contributed by atoms with Gasteiger partial charge in [-0.15, -0.1) is 0 Å². The highest BCUT2D eigenvalue weighted by Crippen LogP contribution is 2.17. The third kappa shape index (κ3) is 2.26. The van der Waals surface area contributed by atoms with E-state index in [1.54, 1.807) is 0 Å². The number of anilines is 1. The molecule has 0 bridgehead atoms. The summed E-state index contributed by atoms with van der Waals surface area (Å²) in [7, 11) is 1.93. The molecule has 2 heterocycles. The molecule has 0 amide bonds. The monoisotopic (exact) mass is 195 g/mol. The maximum atomic E-state index is 5.49. The van der Waals surface area contributed by atoms with E-state index in [4.69, 9.17) is 4.74 Å². The van der Waals surface area contributed by atoms with Crippen molar-refractivity contribution in [3.05, 3.63) is 12.4 Å². The first-order valence-corrected chi connectivity index (χ1v) is 5.11. The van der Waals surface area contributed by atoms with Crippen molar-refractivity contribution in [3.8, 4) is 0 Å². The summed E-state index contributed by atoms with van der Waals surface area (Å²) in [5.41, 5.74) is 1.10. The van der Waals surface area contributed by atoms with Gasteiger partial charge in [0.15, 0.2) is 0 Å². The zero-order valence-electron chi connectivity index (χ0n) is 8.73. The minimum Gasteiger partial charge on any atom is -0.380 e. The fraction of sp³-hybridized carbons (Fsp3) is 0.700. The number of hydrogen-bond donors (Lipinski definition) is 1. The van der Waals surface area contributed by atoms with Gasteiger partial charge in [0, 0.05) is 25.9 Å². The van der Waals surface area contributed by atoms with Crippen LogP contribution in [0.15, 0.2) is 12.4 Å². The van der Waals surface area contributed by atoms with E-state index in [1.807, 2.05) is 24.1 Å². The number of rotatable bonds is 2. The Morgan fingerprint density at radius 2 is 2.50 bits per heavy atom. The first kappa shape index (κ1) is 9.52. The van der Waals surface area contributed by atoms with Crippen molar-refractivity contribution in [2.45, 2.75) is 31.9 Å². The van der Waals surface area contributed by atoms with Crippen LogP contribution in [0.25, 0.3) is 0 Å². The van der Waals surface area contributed by atoms with Crippen LogP contribution >= 0.6 is 0 Å². The molecule has 4 nitrogen and oxygen atoms in total. The Kier molecular flexibility index (Phi) is 2.72. The van der Waals surface area contributed by atoms with E-state index in [9.17, 15) is 0 Å². The second-order valence-electron chi connectivity index (χ2n) is 3.95. The van der Waals surface area contributed by atoms with Crippen molar-refractivity contribution >= 4 is 5.69 Å². The van der Waals surface area contributed by atoms with Gasteiger partial charge in [0.25, 0.3) is 0 Å². The molecule has 0 aromatic carbocycles. The molecule has 2 rings (SSSR count). The van der Waals surface area contributed by atoms with Gasteiger partial charge in [-0.3, -0.25) is 4.68 Å². The zero-order chi connectivity index (χ0) is 9.97. The Morgan fingerprint density at radius 1 is 1.64 bits per heavy atom. The highest BCUT2D eigenvalue weighted by molar-refractivity contribution is 5.39. The van der Waals surface area contributed by atoms with Crippen LogP contribution in [-0.4, -0.2) is 28.5 Å². The molecule has 1 aromatic rings. The number of hydrogen-bond acceptors (Lipinski definition) is 3. The third-order valence-corrected chi connectivity index (χ3v) is 2.56. The number of ether oxygens (including phenoxy) is 1. The molecule has 1 aromatic heterocycles. The van der Waals surface area contributed by atoms with Crippen LogP contribution in [0.3, 0.4) is 0 Å². The van der Waals surface area contributed by atoms with Crippen LogP contribution in [-0.2, 0) is 11.8 Å². The number of aromatic nitrogens is 2. The second-order valence-corrected chi connectivity index (χ2v) is 3.95. The van der Waals surface area contributed by atoms with Crippen LogP contribution in [0.5, 0.6) is 0 Å². The smallest absolute Gasteiger partial charge is 0.0728 e. The molecule has 4 heteroatoms. The Labute approximate surface area is 84.3 Å². The lowest BCUT2D eigenvalue weighted by atomic mass is 10.0. The van der Waals surface area contributed by atoms with Crippen molar-refractivity contribution in [1.29, 1.82) is 0 Å². The molecule has 0 saturated carbocycles. The van der Waals surface area contributed by atoms with Crippen molar-refractivity contribution in [3.63, 3.8) is 0 Å². The lowest BCUT2D eigenvalue weighted by Crippen LogP contribution is -2.32. The molecule has 0 radical (unpaired) electrons. The Balaban J connectivity index is 1.90. The van der Waals surface area contributed by atoms with Crippen LogP contribution in [0, 0.1) is 0 Å². The number of nitrogens with one attached hydrogen (secondary N) is 1. The van der Waals surface area contributed by atoms with Gasteiger partial charge in [0.05, 0.1) is 18.0 Å². The predicted octanol–water partition coefficient (Wildman–Crippen LogP) is 1.40. The maximum Gasteiger partial charge on any atom is 0.0728 e. The quantitative estimate of drug-likeness (QED) is 0.775. The summed E-state index contributed by atoms with van der Waals surface area (Å²) in [6.07, 6.45) is 6.40. The summed E-state index contributed by atoms with van der Waals surface area (Å²) >= 11 is 0. The largest absolute Gasteiger partial charge is 0.380 e. The molecular weight excluding hydrogens is 178 g/mol. The molecule has 1 N–H and O–H groups in total. The van der Waals surface area contributed by atoms with Gasteiger partial charge in [-0.05, 0) is 19.8 Å². The summed E-state index contributed by atoms with van der Waals surface area (Å²) in [6, 6.07) is 0.531. The van der Waals surface area contributed by atoms with E-state index >= 15 is 0 Å².